The lowest BCUT2D eigenvalue weighted by Crippen LogP contribution is -2.25. The molecule has 0 unspecified atom stereocenters. The van der Waals surface area contributed by atoms with Crippen LogP contribution >= 0.6 is 0 Å². The van der Waals surface area contributed by atoms with Gasteiger partial charge in [0.25, 0.3) is 0 Å². The maximum atomic E-state index is 10.8. The third-order valence-electron chi connectivity index (χ3n) is 2.42. The van der Waals surface area contributed by atoms with E-state index in [0.29, 0.717) is 22.9 Å². The van der Waals surface area contributed by atoms with Gasteiger partial charge in [0.15, 0.2) is 11.5 Å². The van der Waals surface area contributed by atoms with Gasteiger partial charge in [-0.05, 0) is 6.92 Å². The minimum atomic E-state index is -0.941. The smallest absolute Gasteiger partial charge is 0.325 e. The summed E-state index contributed by atoms with van der Waals surface area (Å²) in [6.45, 7) is 1.55. The minimum absolute atomic E-state index is 0.466. The molecule has 0 bridgehead atoms. The molecule has 0 aromatic heterocycles. The lowest BCUT2D eigenvalue weighted by Gasteiger charge is -2.16. The van der Waals surface area contributed by atoms with Gasteiger partial charge in [0.05, 0.1) is 21.3 Å². The molecule has 0 spiro atoms. The molecule has 0 fully saturated rings. The molecule has 0 aliphatic carbocycles. The van der Waals surface area contributed by atoms with E-state index in [-0.39, 0.29) is 0 Å². The fraction of sp³-hybridized carbons (Fsp3) is 0.417. The first-order chi connectivity index (χ1) is 8.53. The number of carboxylic acid groups (broad SMARTS) is 1. The third-order valence-corrected chi connectivity index (χ3v) is 2.42. The van der Waals surface area contributed by atoms with Crippen molar-refractivity contribution in [3.8, 4) is 17.2 Å². The highest BCUT2D eigenvalue weighted by Gasteiger charge is 2.16. The summed E-state index contributed by atoms with van der Waals surface area (Å²) in [5.41, 5.74) is 0.583. The van der Waals surface area contributed by atoms with E-state index in [1.165, 1.54) is 21.3 Å². The zero-order chi connectivity index (χ0) is 13.7. The Morgan fingerprint density at radius 3 is 2.00 bits per heavy atom. The van der Waals surface area contributed by atoms with E-state index < -0.39 is 12.0 Å². The fourth-order valence-corrected chi connectivity index (χ4v) is 1.48. The quantitative estimate of drug-likeness (QED) is 0.804. The summed E-state index contributed by atoms with van der Waals surface area (Å²) < 4.78 is 15.5. The van der Waals surface area contributed by atoms with Crippen molar-refractivity contribution >= 4 is 11.7 Å². The summed E-state index contributed by atoms with van der Waals surface area (Å²) in [4.78, 5) is 10.8. The van der Waals surface area contributed by atoms with E-state index in [0.717, 1.165) is 0 Å². The normalized spacial score (nSPS) is 11.6. The highest BCUT2D eigenvalue weighted by Crippen LogP contribution is 2.40. The predicted molar refractivity (Wildman–Crippen MR) is 66.8 cm³/mol. The molecule has 2 N–H and O–H groups in total. The fourth-order valence-electron chi connectivity index (χ4n) is 1.48. The number of hydrogen-bond donors (Lipinski definition) is 2. The second-order valence-electron chi connectivity index (χ2n) is 3.62. The monoisotopic (exact) mass is 255 g/mol. The van der Waals surface area contributed by atoms with Gasteiger partial charge in [-0.3, -0.25) is 4.79 Å². The summed E-state index contributed by atoms with van der Waals surface area (Å²) in [6.07, 6.45) is 0. The number of carbonyl (C=O) groups is 1. The number of benzene rings is 1. The Labute approximate surface area is 105 Å². The Morgan fingerprint density at radius 2 is 1.67 bits per heavy atom. The van der Waals surface area contributed by atoms with Crippen LogP contribution in [0.2, 0.25) is 0 Å². The molecule has 0 saturated heterocycles. The van der Waals surface area contributed by atoms with Crippen LogP contribution in [0, 0.1) is 0 Å². The van der Waals surface area contributed by atoms with Crippen LogP contribution in [0.15, 0.2) is 12.1 Å². The Balaban J connectivity index is 3.11. The van der Waals surface area contributed by atoms with Gasteiger partial charge < -0.3 is 24.6 Å². The number of aliphatic carboxylic acids is 1. The third kappa shape index (κ3) is 2.97. The van der Waals surface area contributed by atoms with Crippen molar-refractivity contribution in [1.29, 1.82) is 0 Å². The number of anilines is 1. The van der Waals surface area contributed by atoms with Gasteiger partial charge in [0, 0.05) is 17.8 Å². The van der Waals surface area contributed by atoms with Gasteiger partial charge in [0.1, 0.15) is 6.04 Å². The van der Waals surface area contributed by atoms with Crippen LogP contribution in [-0.2, 0) is 4.79 Å². The summed E-state index contributed by atoms with van der Waals surface area (Å²) in [6, 6.07) is 2.59. The Hall–Kier alpha value is -2.11. The van der Waals surface area contributed by atoms with Gasteiger partial charge >= 0.3 is 5.97 Å². The molecular formula is C12H17NO5. The van der Waals surface area contributed by atoms with Crippen LogP contribution in [0.4, 0.5) is 5.69 Å². The Morgan fingerprint density at radius 1 is 1.17 bits per heavy atom. The molecule has 6 nitrogen and oxygen atoms in total. The van der Waals surface area contributed by atoms with E-state index in [2.05, 4.69) is 5.32 Å². The Bertz CT molecular complexity index is 407. The zero-order valence-corrected chi connectivity index (χ0v) is 10.8. The van der Waals surface area contributed by atoms with Gasteiger partial charge in [-0.25, -0.2) is 0 Å². The van der Waals surface area contributed by atoms with E-state index >= 15 is 0 Å². The highest BCUT2D eigenvalue weighted by atomic mass is 16.5. The lowest BCUT2D eigenvalue weighted by molar-refractivity contribution is -0.137. The van der Waals surface area contributed by atoms with Crippen LogP contribution in [0.1, 0.15) is 6.92 Å². The maximum absolute atomic E-state index is 10.8. The van der Waals surface area contributed by atoms with Crippen molar-refractivity contribution in [2.45, 2.75) is 13.0 Å². The SMILES string of the molecule is COc1cc(N[C@@H](C)C(=O)O)cc(OC)c1OC. The zero-order valence-electron chi connectivity index (χ0n) is 10.8. The average Bonchev–Trinajstić information content (AvgIpc) is 2.37. The number of methoxy groups -OCH3 is 3. The van der Waals surface area contributed by atoms with Crippen molar-refractivity contribution < 1.29 is 24.1 Å². The molecule has 1 rings (SSSR count). The van der Waals surface area contributed by atoms with Gasteiger partial charge in [-0.2, -0.15) is 0 Å². The number of nitrogens with one attached hydrogen (secondary N) is 1. The molecular weight excluding hydrogens is 238 g/mol. The Kier molecular flexibility index (Phi) is 4.65. The first kappa shape index (κ1) is 14.0. The summed E-state index contributed by atoms with van der Waals surface area (Å²) >= 11 is 0. The largest absolute Gasteiger partial charge is 0.493 e. The van der Waals surface area contributed by atoms with Crippen LogP contribution in [0.25, 0.3) is 0 Å². The second-order valence-corrected chi connectivity index (χ2v) is 3.62. The van der Waals surface area contributed by atoms with Crippen LogP contribution in [-0.4, -0.2) is 38.4 Å². The molecule has 0 aliphatic heterocycles. The first-order valence-electron chi connectivity index (χ1n) is 5.32. The lowest BCUT2D eigenvalue weighted by atomic mass is 10.2. The molecule has 0 amide bonds. The van der Waals surface area contributed by atoms with Gasteiger partial charge in [-0.15, -0.1) is 0 Å². The van der Waals surface area contributed by atoms with Crippen LogP contribution in [0.5, 0.6) is 17.2 Å². The second kappa shape index (κ2) is 6.00. The molecule has 0 radical (unpaired) electrons. The molecule has 100 valence electrons. The maximum Gasteiger partial charge on any atom is 0.325 e. The first-order valence-corrected chi connectivity index (χ1v) is 5.32. The van der Waals surface area contributed by atoms with Crippen LogP contribution in [0.3, 0.4) is 0 Å². The number of rotatable bonds is 6. The summed E-state index contributed by atoms with van der Waals surface area (Å²) in [5.74, 6) is 0.464. The number of hydrogen-bond acceptors (Lipinski definition) is 5. The summed E-state index contributed by atoms with van der Waals surface area (Å²) in [5, 5.41) is 11.7. The average molecular weight is 255 g/mol. The molecule has 1 aromatic carbocycles. The topological polar surface area (TPSA) is 77.0 Å². The molecule has 1 atom stereocenters. The van der Waals surface area contributed by atoms with E-state index in [4.69, 9.17) is 19.3 Å². The van der Waals surface area contributed by atoms with Gasteiger partial charge in [-0.1, -0.05) is 0 Å². The predicted octanol–water partition coefficient (Wildman–Crippen LogP) is 1.60. The number of ether oxygens (including phenoxy) is 3. The summed E-state index contributed by atoms with van der Waals surface area (Å²) in [7, 11) is 4.51. The molecule has 0 saturated carbocycles. The van der Waals surface area contributed by atoms with Gasteiger partial charge in [0.2, 0.25) is 5.75 Å². The molecule has 18 heavy (non-hydrogen) atoms. The van der Waals surface area contributed by atoms with Crippen molar-refractivity contribution in [3.05, 3.63) is 12.1 Å². The molecule has 0 aliphatic rings. The van der Waals surface area contributed by atoms with Crippen molar-refractivity contribution in [3.63, 3.8) is 0 Å². The van der Waals surface area contributed by atoms with E-state index in [9.17, 15) is 4.79 Å². The molecule has 6 heteroatoms. The molecule has 1 aromatic rings. The van der Waals surface area contributed by atoms with Crippen molar-refractivity contribution in [1.82, 2.24) is 0 Å². The van der Waals surface area contributed by atoms with E-state index in [1.54, 1.807) is 19.1 Å². The van der Waals surface area contributed by atoms with Crippen LogP contribution < -0.4 is 19.5 Å². The standard InChI is InChI=1S/C12H17NO5/c1-7(12(14)15)13-8-5-9(16-2)11(18-4)10(6-8)17-3/h5-7,13H,1-4H3,(H,14,15)/t7-/m0/s1. The van der Waals surface area contributed by atoms with Crippen molar-refractivity contribution in [2.75, 3.05) is 26.6 Å². The highest BCUT2D eigenvalue weighted by molar-refractivity contribution is 5.77. The molecule has 0 heterocycles. The van der Waals surface area contributed by atoms with E-state index in [1.807, 2.05) is 0 Å². The van der Waals surface area contributed by atoms with Crippen molar-refractivity contribution in [2.24, 2.45) is 0 Å². The number of carboxylic acids is 1. The minimum Gasteiger partial charge on any atom is -0.493 e.